The number of thiazole rings is 2. The maximum atomic E-state index is 13.4. The molecule has 1 N–H and O–H groups in total. The second-order valence-electron chi connectivity index (χ2n) is 6.53. The molecular formula is C22H18FN3O3S2. The number of anilines is 1. The number of nitrogens with one attached hydrogen (secondary N) is 1. The summed E-state index contributed by atoms with van der Waals surface area (Å²) >= 11 is 2.85. The van der Waals surface area contributed by atoms with E-state index in [1.165, 1.54) is 41.9 Å². The Morgan fingerprint density at radius 2 is 2.06 bits per heavy atom. The Morgan fingerprint density at radius 1 is 1.16 bits per heavy atom. The van der Waals surface area contributed by atoms with Crippen molar-refractivity contribution in [1.29, 1.82) is 0 Å². The van der Waals surface area contributed by atoms with Crippen LogP contribution < -0.4 is 14.8 Å². The summed E-state index contributed by atoms with van der Waals surface area (Å²) in [5, 5.41) is 5.17. The number of rotatable bonds is 8. The number of nitrogens with zero attached hydrogens (tertiary/aromatic N) is 2. The molecule has 0 aliphatic carbocycles. The first-order valence-electron chi connectivity index (χ1n) is 9.29. The lowest BCUT2D eigenvalue weighted by Gasteiger charge is -2.11. The summed E-state index contributed by atoms with van der Waals surface area (Å²) in [6.45, 7) is 0.318. The Balaban J connectivity index is 1.40. The number of hydrogen-bond acceptors (Lipinski definition) is 7. The van der Waals surface area contributed by atoms with Crippen molar-refractivity contribution in [2.45, 2.75) is 13.0 Å². The molecule has 0 aliphatic rings. The molecule has 0 atom stereocenters. The highest BCUT2D eigenvalue weighted by atomic mass is 32.1. The highest BCUT2D eigenvalue weighted by Gasteiger charge is 2.14. The maximum Gasteiger partial charge on any atom is 0.257 e. The minimum atomic E-state index is -0.309. The number of aromatic nitrogens is 2. The van der Waals surface area contributed by atoms with Crippen molar-refractivity contribution < 1.29 is 18.7 Å². The predicted molar refractivity (Wildman–Crippen MR) is 119 cm³/mol. The van der Waals surface area contributed by atoms with E-state index in [9.17, 15) is 9.18 Å². The quantitative estimate of drug-likeness (QED) is 0.397. The SMILES string of the molecule is COc1cc(C(=O)Nc2ncc(Cc3cccc(F)c3)s2)ccc1OCc1cscn1. The van der Waals surface area contributed by atoms with Gasteiger partial charge in [-0.1, -0.05) is 12.1 Å². The number of carbonyl (C=O) groups is 1. The molecule has 0 aliphatic heterocycles. The van der Waals surface area contributed by atoms with Crippen LogP contribution in [0.25, 0.3) is 0 Å². The first-order valence-corrected chi connectivity index (χ1v) is 11.0. The highest BCUT2D eigenvalue weighted by Crippen LogP contribution is 2.29. The topological polar surface area (TPSA) is 73.3 Å². The summed E-state index contributed by atoms with van der Waals surface area (Å²) in [6.07, 6.45) is 2.23. The van der Waals surface area contributed by atoms with Crippen LogP contribution in [0, 0.1) is 5.82 Å². The lowest BCUT2D eigenvalue weighted by atomic mass is 10.1. The molecule has 2 aromatic heterocycles. The van der Waals surface area contributed by atoms with Crippen LogP contribution >= 0.6 is 22.7 Å². The molecule has 0 bridgehead atoms. The summed E-state index contributed by atoms with van der Waals surface area (Å²) in [5.74, 6) is 0.395. The molecule has 31 heavy (non-hydrogen) atoms. The Morgan fingerprint density at radius 3 is 2.84 bits per heavy atom. The van der Waals surface area contributed by atoms with Crippen molar-refractivity contribution in [2.75, 3.05) is 12.4 Å². The fourth-order valence-corrected chi connectivity index (χ4v) is 4.24. The zero-order valence-electron chi connectivity index (χ0n) is 16.5. The zero-order valence-corrected chi connectivity index (χ0v) is 18.1. The lowest BCUT2D eigenvalue weighted by Crippen LogP contribution is -2.12. The summed E-state index contributed by atoms with van der Waals surface area (Å²) < 4.78 is 24.5. The van der Waals surface area contributed by atoms with Gasteiger partial charge in [0.1, 0.15) is 12.4 Å². The van der Waals surface area contributed by atoms with Gasteiger partial charge in [-0.15, -0.1) is 22.7 Å². The monoisotopic (exact) mass is 455 g/mol. The average molecular weight is 456 g/mol. The number of amides is 1. The fourth-order valence-electron chi connectivity index (χ4n) is 2.85. The minimum absolute atomic E-state index is 0.275. The van der Waals surface area contributed by atoms with Gasteiger partial charge in [-0.3, -0.25) is 10.1 Å². The van der Waals surface area contributed by atoms with Crippen molar-refractivity contribution in [3.05, 3.63) is 87.1 Å². The fraction of sp³-hybridized carbons (Fsp3) is 0.136. The Bertz CT molecular complexity index is 1180. The van der Waals surface area contributed by atoms with Gasteiger partial charge < -0.3 is 9.47 Å². The maximum absolute atomic E-state index is 13.4. The van der Waals surface area contributed by atoms with Gasteiger partial charge in [0.2, 0.25) is 0 Å². The predicted octanol–water partition coefficient (Wildman–Crippen LogP) is 5.17. The molecule has 0 saturated carbocycles. The Hall–Kier alpha value is -3.30. The van der Waals surface area contributed by atoms with Gasteiger partial charge in [0.25, 0.3) is 5.91 Å². The second kappa shape index (κ2) is 9.67. The van der Waals surface area contributed by atoms with Crippen molar-refractivity contribution in [1.82, 2.24) is 9.97 Å². The van der Waals surface area contributed by atoms with E-state index in [0.29, 0.717) is 35.2 Å². The smallest absolute Gasteiger partial charge is 0.257 e. The van der Waals surface area contributed by atoms with E-state index in [2.05, 4.69) is 15.3 Å². The molecule has 1 amide bonds. The van der Waals surface area contributed by atoms with Gasteiger partial charge >= 0.3 is 0 Å². The molecule has 4 rings (SSSR count). The third kappa shape index (κ3) is 5.44. The largest absolute Gasteiger partial charge is 0.493 e. The Kier molecular flexibility index (Phi) is 6.54. The molecule has 0 unspecified atom stereocenters. The third-order valence-corrected chi connectivity index (χ3v) is 5.87. The van der Waals surface area contributed by atoms with Crippen molar-refractivity contribution >= 4 is 33.7 Å². The van der Waals surface area contributed by atoms with Crippen LogP contribution in [0.15, 0.2) is 59.6 Å². The number of carbonyl (C=O) groups excluding carboxylic acids is 1. The van der Waals surface area contributed by atoms with Crippen molar-refractivity contribution in [3.63, 3.8) is 0 Å². The van der Waals surface area contributed by atoms with E-state index in [-0.39, 0.29) is 11.7 Å². The molecule has 2 heterocycles. The zero-order chi connectivity index (χ0) is 21.6. The van der Waals surface area contributed by atoms with Crippen molar-refractivity contribution in [3.8, 4) is 11.5 Å². The summed E-state index contributed by atoms with van der Waals surface area (Å²) in [4.78, 5) is 22.0. The lowest BCUT2D eigenvalue weighted by molar-refractivity contribution is 0.102. The van der Waals surface area contributed by atoms with Gasteiger partial charge in [0, 0.05) is 28.4 Å². The molecule has 4 aromatic rings. The molecule has 2 aromatic carbocycles. The number of ether oxygens (including phenoxy) is 2. The summed E-state index contributed by atoms with van der Waals surface area (Å²) in [6, 6.07) is 11.4. The number of halogens is 1. The molecule has 0 radical (unpaired) electrons. The number of methoxy groups -OCH3 is 1. The van der Waals surface area contributed by atoms with Gasteiger partial charge in [-0.05, 0) is 35.9 Å². The van der Waals surface area contributed by atoms with Crippen LogP contribution in [0.1, 0.15) is 26.5 Å². The minimum Gasteiger partial charge on any atom is -0.493 e. The van der Waals surface area contributed by atoms with Crippen molar-refractivity contribution in [2.24, 2.45) is 0 Å². The van der Waals surface area contributed by atoms with E-state index in [4.69, 9.17) is 9.47 Å². The molecule has 0 spiro atoms. The van der Waals surface area contributed by atoms with Crippen LogP contribution in [0.2, 0.25) is 0 Å². The average Bonchev–Trinajstić information content (AvgIpc) is 3.44. The van der Waals surface area contributed by atoms with Crippen LogP contribution in [-0.4, -0.2) is 23.0 Å². The van der Waals surface area contributed by atoms with E-state index in [1.54, 1.807) is 36.0 Å². The van der Waals surface area contributed by atoms with E-state index in [1.807, 2.05) is 11.4 Å². The van der Waals surface area contributed by atoms with E-state index in [0.717, 1.165) is 16.1 Å². The second-order valence-corrected chi connectivity index (χ2v) is 8.36. The number of hydrogen-bond donors (Lipinski definition) is 1. The Labute approximate surface area is 186 Å². The molecule has 0 fully saturated rings. The van der Waals surface area contributed by atoms with E-state index >= 15 is 0 Å². The normalized spacial score (nSPS) is 10.6. The molecular weight excluding hydrogens is 437 g/mol. The molecule has 9 heteroatoms. The summed E-state index contributed by atoms with van der Waals surface area (Å²) in [7, 11) is 1.52. The molecule has 0 saturated heterocycles. The van der Waals surface area contributed by atoms with Gasteiger partial charge in [-0.25, -0.2) is 14.4 Å². The summed E-state index contributed by atoms with van der Waals surface area (Å²) in [5.41, 5.74) is 3.83. The number of benzene rings is 2. The standard InChI is InChI=1S/C22H18FN3O3S2/c1-28-20-9-15(5-6-19(20)29-11-17-12-30-13-25-17)21(27)26-22-24-10-18(31-22)8-14-3-2-4-16(23)7-14/h2-7,9-10,12-13H,8,11H2,1H3,(H,24,26,27). The van der Waals surface area contributed by atoms with Gasteiger partial charge in [0.05, 0.1) is 18.3 Å². The van der Waals surface area contributed by atoms with Gasteiger partial charge in [0.15, 0.2) is 16.6 Å². The third-order valence-electron chi connectivity index (χ3n) is 4.33. The van der Waals surface area contributed by atoms with Crippen LogP contribution in [-0.2, 0) is 13.0 Å². The first kappa shape index (κ1) is 21.0. The highest BCUT2D eigenvalue weighted by molar-refractivity contribution is 7.15. The van der Waals surface area contributed by atoms with Crippen LogP contribution in [0.4, 0.5) is 9.52 Å². The van der Waals surface area contributed by atoms with E-state index < -0.39 is 0 Å². The van der Waals surface area contributed by atoms with Crippen LogP contribution in [0.5, 0.6) is 11.5 Å². The van der Waals surface area contributed by atoms with Crippen LogP contribution in [0.3, 0.4) is 0 Å². The molecule has 158 valence electrons. The van der Waals surface area contributed by atoms with Gasteiger partial charge in [-0.2, -0.15) is 0 Å². The molecule has 6 nitrogen and oxygen atoms in total. The first-order chi connectivity index (χ1) is 15.1.